The number of nitrogen functional groups attached to an aromatic ring is 1. The molecule has 2 rings (SSSR count). The van der Waals surface area contributed by atoms with Crippen molar-refractivity contribution in [3.63, 3.8) is 0 Å². The van der Waals surface area contributed by atoms with Crippen LogP contribution in [0, 0.1) is 0 Å². The van der Waals surface area contributed by atoms with Crippen LogP contribution in [-0.2, 0) is 17.4 Å². The molecular formula is C21H30N2O. The second kappa shape index (κ2) is 6.39. The predicted octanol–water partition coefficient (Wildman–Crippen LogP) is 5.18. The Labute approximate surface area is 145 Å². The maximum atomic E-state index is 10.8. The van der Waals surface area contributed by atoms with Crippen molar-refractivity contribution < 1.29 is 5.11 Å². The number of phenols is 1. The zero-order valence-electron chi connectivity index (χ0n) is 15.7. The van der Waals surface area contributed by atoms with E-state index in [2.05, 4.69) is 46.9 Å². The summed E-state index contributed by atoms with van der Waals surface area (Å²) in [6.45, 7) is 13.4. The Kier molecular flexibility index (Phi) is 4.84. The number of aromatic hydroxyl groups is 1. The smallest absolute Gasteiger partial charge is 0.123 e. The number of rotatable bonds is 3. The van der Waals surface area contributed by atoms with Gasteiger partial charge in [-0.1, -0.05) is 59.7 Å². The number of hydrogen-bond donors (Lipinski definition) is 3. The summed E-state index contributed by atoms with van der Waals surface area (Å²) in [6.07, 6.45) is 0. The molecule has 24 heavy (non-hydrogen) atoms. The maximum absolute atomic E-state index is 10.8. The van der Waals surface area contributed by atoms with Gasteiger partial charge >= 0.3 is 0 Å². The van der Waals surface area contributed by atoms with Gasteiger partial charge in [0, 0.05) is 29.0 Å². The van der Waals surface area contributed by atoms with Gasteiger partial charge in [-0.2, -0.15) is 0 Å². The molecule has 0 atom stereocenters. The highest BCUT2D eigenvalue weighted by Gasteiger charge is 2.26. The lowest BCUT2D eigenvalue weighted by molar-refractivity contribution is 0.423. The Balaban J connectivity index is 2.41. The lowest BCUT2D eigenvalue weighted by atomic mass is 9.79. The largest absolute Gasteiger partial charge is 0.507 e. The Hall–Kier alpha value is -2.16. The minimum atomic E-state index is -0.131. The summed E-state index contributed by atoms with van der Waals surface area (Å²) in [5, 5.41) is 14.2. The van der Waals surface area contributed by atoms with Gasteiger partial charge in [-0.15, -0.1) is 0 Å². The van der Waals surface area contributed by atoms with Gasteiger partial charge in [-0.25, -0.2) is 0 Å². The average molecular weight is 326 g/mol. The van der Waals surface area contributed by atoms with Crippen molar-refractivity contribution in [1.82, 2.24) is 0 Å². The van der Waals surface area contributed by atoms with Crippen LogP contribution in [0.1, 0.15) is 58.2 Å². The van der Waals surface area contributed by atoms with Crippen molar-refractivity contribution in [3.8, 4) is 5.75 Å². The van der Waals surface area contributed by atoms with Gasteiger partial charge < -0.3 is 16.2 Å². The van der Waals surface area contributed by atoms with Gasteiger partial charge in [0.25, 0.3) is 0 Å². The second-order valence-electron chi connectivity index (χ2n) is 8.47. The van der Waals surface area contributed by atoms with Crippen molar-refractivity contribution in [2.24, 2.45) is 0 Å². The Morgan fingerprint density at radius 2 is 1.42 bits per heavy atom. The summed E-state index contributed by atoms with van der Waals surface area (Å²) in [5.74, 6) is 0.403. The lowest BCUT2D eigenvalue weighted by Crippen LogP contribution is -2.18. The molecule has 0 unspecified atom stereocenters. The number of nitrogens with two attached hydrogens (primary N) is 1. The predicted molar refractivity (Wildman–Crippen MR) is 104 cm³/mol. The van der Waals surface area contributed by atoms with Crippen molar-refractivity contribution in [2.75, 3.05) is 11.1 Å². The Bertz CT molecular complexity index is 686. The number of anilines is 2. The number of benzene rings is 2. The fourth-order valence-electron chi connectivity index (χ4n) is 2.77. The van der Waals surface area contributed by atoms with E-state index in [1.165, 1.54) is 0 Å². The van der Waals surface area contributed by atoms with E-state index in [0.717, 1.165) is 28.1 Å². The zero-order valence-corrected chi connectivity index (χ0v) is 15.7. The average Bonchev–Trinajstić information content (AvgIpc) is 2.45. The van der Waals surface area contributed by atoms with Crippen LogP contribution >= 0.6 is 0 Å². The van der Waals surface area contributed by atoms with Crippen molar-refractivity contribution in [2.45, 2.75) is 58.9 Å². The first-order chi connectivity index (χ1) is 11.0. The highest BCUT2D eigenvalue weighted by Crippen LogP contribution is 2.41. The molecule has 0 saturated heterocycles. The summed E-state index contributed by atoms with van der Waals surface area (Å²) in [5.41, 5.74) is 10.5. The molecule has 3 nitrogen and oxygen atoms in total. The number of hydrogen-bond acceptors (Lipinski definition) is 3. The van der Waals surface area contributed by atoms with Crippen LogP contribution in [0.3, 0.4) is 0 Å². The SMILES string of the molecule is CC(C)(C)c1cc(NCc2ccccc2N)cc(C(C)(C)C)c1O. The number of phenolic OH excluding ortho intramolecular Hbond substituents is 1. The second-order valence-corrected chi connectivity index (χ2v) is 8.47. The first kappa shape index (κ1) is 18.2. The van der Waals surface area contributed by atoms with E-state index in [0.29, 0.717) is 12.3 Å². The zero-order chi connectivity index (χ0) is 18.1. The summed E-state index contributed by atoms with van der Waals surface area (Å²) in [6, 6.07) is 12.0. The highest BCUT2D eigenvalue weighted by molar-refractivity contribution is 5.60. The van der Waals surface area contributed by atoms with E-state index in [9.17, 15) is 5.11 Å². The normalized spacial score (nSPS) is 12.2. The van der Waals surface area contributed by atoms with Crippen LogP contribution in [0.5, 0.6) is 5.75 Å². The number of para-hydroxylation sites is 1. The molecule has 0 aliphatic carbocycles. The molecule has 130 valence electrons. The van der Waals surface area contributed by atoms with Gasteiger partial charge in [0.2, 0.25) is 0 Å². The van der Waals surface area contributed by atoms with Crippen molar-refractivity contribution >= 4 is 11.4 Å². The van der Waals surface area contributed by atoms with Crippen molar-refractivity contribution in [3.05, 3.63) is 53.1 Å². The Morgan fingerprint density at radius 1 is 0.917 bits per heavy atom. The Morgan fingerprint density at radius 3 is 1.88 bits per heavy atom. The summed E-state index contributed by atoms with van der Waals surface area (Å²) < 4.78 is 0. The molecule has 0 heterocycles. The van der Waals surface area contributed by atoms with Crippen molar-refractivity contribution in [1.29, 1.82) is 0 Å². The monoisotopic (exact) mass is 326 g/mol. The molecule has 0 spiro atoms. The van der Waals surface area contributed by atoms with Gasteiger partial charge in [-0.3, -0.25) is 0 Å². The molecular weight excluding hydrogens is 296 g/mol. The van der Waals surface area contributed by atoms with E-state index in [4.69, 9.17) is 5.73 Å². The van der Waals surface area contributed by atoms with E-state index >= 15 is 0 Å². The standard InChI is InChI=1S/C21H30N2O/c1-20(2,3)16-11-15(12-17(19(16)24)21(4,5)6)23-13-14-9-7-8-10-18(14)22/h7-12,23-24H,13,22H2,1-6H3. The molecule has 0 amide bonds. The highest BCUT2D eigenvalue weighted by atomic mass is 16.3. The molecule has 0 bridgehead atoms. The molecule has 0 aliphatic heterocycles. The lowest BCUT2D eigenvalue weighted by Gasteiger charge is -2.28. The fraction of sp³-hybridized carbons (Fsp3) is 0.429. The molecule has 0 saturated carbocycles. The maximum Gasteiger partial charge on any atom is 0.123 e. The van der Waals surface area contributed by atoms with E-state index in [1.807, 2.05) is 36.4 Å². The fourth-order valence-corrected chi connectivity index (χ4v) is 2.77. The van der Waals surface area contributed by atoms with Gasteiger partial charge in [0.1, 0.15) is 5.75 Å². The van der Waals surface area contributed by atoms with Crippen LogP contribution in [-0.4, -0.2) is 5.11 Å². The quantitative estimate of drug-likeness (QED) is 0.538. The van der Waals surface area contributed by atoms with Crippen LogP contribution in [0.25, 0.3) is 0 Å². The molecule has 2 aromatic carbocycles. The molecule has 4 N–H and O–H groups in total. The van der Waals surface area contributed by atoms with E-state index < -0.39 is 0 Å². The minimum Gasteiger partial charge on any atom is -0.507 e. The van der Waals surface area contributed by atoms with Crippen LogP contribution in [0.2, 0.25) is 0 Å². The third-order valence-electron chi connectivity index (χ3n) is 4.26. The molecule has 0 fully saturated rings. The molecule has 0 aromatic heterocycles. The molecule has 0 aliphatic rings. The molecule has 0 radical (unpaired) electrons. The van der Waals surface area contributed by atoms with Gasteiger partial charge in [0.15, 0.2) is 0 Å². The first-order valence-corrected chi connectivity index (χ1v) is 8.45. The summed E-state index contributed by atoms with van der Waals surface area (Å²) in [7, 11) is 0. The van der Waals surface area contributed by atoms with Gasteiger partial charge in [-0.05, 0) is 34.6 Å². The first-order valence-electron chi connectivity index (χ1n) is 8.45. The summed E-state index contributed by atoms with van der Waals surface area (Å²) in [4.78, 5) is 0. The molecule has 3 heteroatoms. The third-order valence-corrected chi connectivity index (χ3v) is 4.26. The van der Waals surface area contributed by atoms with E-state index in [1.54, 1.807) is 0 Å². The molecule has 2 aromatic rings. The number of nitrogens with one attached hydrogen (secondary N) is 1. The van der Waals surface area contributed by atoms with E-state index in [-0.39, 0.29) is 10.8 Å². The van der Waals surface area contributed by atoms with Crippen LogP contribution < -0.4 is 11.1 Å². The minimum absolute atomic E-state index is 0.131. The van der Waals surface area contributed by atoms with Crippen LogP contribution in [0.4, 0.5) is 11.4 Å². The van der Waals surface area contributed by atoms with Crippen LogP contribution in [0.15, 0.2) is 36.4 Å². The van der Waals surface area contributed by atoms with Gasteiger partial charge in [0.05, 0.1) is 0 Å². The summed E-state index contributed by atoms with van der Waals surface area (Å²) >= 11 is 0. The topological polar surface area (TPSA) is 58.3 Å². The third kappa shape index (κ3) is 4.02.